The van der Waals surface area contributed by atoms with Crippen molar-refractivity contribution in [1.82, 2.24) is 5.32 Å². The maximum absolute atomic E-state index is 11.8. The summed E-state index contributed by atoms with van der Waals surface area (Å²) in [6, 6.07) is 8.58. The summed E-state index contributed by atoms with van der Waals surface area (Å²) in [5, 5.41) is 15.4. The fourth-order valence-electron chi connectivity index (χ4n) is 1.55. The highest BCUT2D eigenvalue weighted by molar-refractivity contribution is 6.33. The van der Waals surface area contributed by atoms with Gasteiger partial charge >= 0.3 is 0 Å². The van der Waals surface area contributed by atoms with Gasteiger partial charge in [0, 0.05) is 5.54 Å². The third kappa shape index (κ3) is 5.62. The molecule has 0 aliphatic heterocycles. The summed E-state index contributed by atoms with van der Waals surface area (Å²) >= 11 is 6.00. The van der Waals surface area contributed by atoms with Crippen molar-refractivity contribution >= 4 is 23.2 Å². The van der Waals surface area contributed by atoms with Crippen LogP contribution in [0.5, 0.6) is 0 Å². The number of nitrogens with zero attached hydrogens (tertiary/aromatic N) is 1. The van der Waals surface area contributed by atoms with Crippen molar-refractivity contribution in [2.45, 2.75) is 38.8 Å². The van der Waals surface area contributed by atoms with Crippen LogP contribution in [0.25, 0.3) is 0 Å². The summed E-state index contributed by atoms with van der Waals surface area (Å²) < 4.78 is 0. The summed E-state index contributed by atoms with van der Waals surface area (Å²) in [5.41, 5.74) is 0.348. The van der Waals surface area contributed by atoms with E-state index in [1.807, 2.05) is 26.8 Å². The molecule has 19 heavy (non-hydrogen) atoms. The van der Waals surface area contributed by atoms with Crippen LogP contribution in [-0.4, -0.2) is 17.5 Å². The van der Waals surface area contributed by atoms with E-state index in [1.165, 1.54) is 0 Å². The number of nitrogens with one attached hydrogen (secondary N) is 2. The number of benzene rings is 1. The van der Waals surface area contributed by atoms with Gasteiger partial charge in [-0.3, -0.25) is 4.79 Å². The van der Waals surface area contributed by atoms with Crippen LogP contribution in [0.1, 0.15) is 27.2 Å². The van der Waals surface area contributed by atoms with Gasteiger partial charge in [0.2, 0.25) is 5.91 Å². The van der Waals surface area contributed by atoms with Gasteiger partial charge in [-0.05, 0) is 32.9 Å². The molecule has 0 bridgehead atoms. The molecule has 1 unspecified atom stereocenters. The van der Waals surface area contributed by atoms with Gasteiger partial charge in [-0.1, -0.05) is 23.7 Å². The van der Waals surface area contributed by atoms with Crippen molar-refractivity contribution in [3.63, 3.8) is 0 Å². The van der Waals surface area contributed by atoms with Crippen molar-refractivity contribution in [1.29, 1.82) is 5.26 Å². The first kappa shape index (κ1) is 15.3. The van der Waals surface area contributed by atoms with Crippen LogP contribution < -0.4 is 10.6 Å². The average Bonchev–Trinajstić information content (AvgIpc) is 2.28. The Bertz CT molecular complexity index is 488. The second-order valence-corrected chi connectivity index (χ2v) is 5.72. The molecule has 0 saturated heterocycles. The molecule has 0 aliphatic rings. The minimum atomic E-state index is -0.609. The van der Waals surface area contributed by atoms with Crippen molar-refractivity contribution in [2.24, 2.45) is 0 Å². The molecule has 0 saturated carbocycles. The highest BCUT2D eigenvalue weighted by atomic mass is 35.5. The van der Waals surface area contributed by atoms with E-state index in [4.69, 9.17) is 16.9 Å². The smallest absolute Gasteiger partial charge is 0.223 e. The van der Waals surface area contributed by atoms with Crippen molar-refractivity contribution < 1.29 is 4.79 Å². The summed E-state index contributed by atoms with van der Waals surface area (Å²) in [5.74, 6) is -0.168. The van der Waals surface area contributed by atoms with E-state index >= 15 is 0 Å². The molecule has 1 aromatic rings. The first-order chi connectivity index (χ1) is 8.81. The number of hydrogen-bond acceptors (Lipinski definition) is 3. The molecule has 1 amide bonds. The standard InChI is InChI=1S/C14H18ClN3O/c1-14(2,3)18-13(19)8-10(9-16)17-12-7-5-4-6-11(12)15/h4-7,10,17H,8H2,1-3H3,(H,18,19). The molecular weight excluding hydrogens is 262 g/mol. The van der Waals surface area contributed by atoms with Crippen molar-refractivity contribution in [3.05, 3.63) is 29.3 Å². The molecule has 1 atom stereocenters. The van der Waals surface area contributed by atoms with Gasteiger partial charge in [0.25, 0.3) is 0 Å². The number of carbonyl (C=O) groups is 1. The van der Waals surface area contributed by atoms with Crippen LogP contribution in [0.2, 0.25) is 5.02 Å². The predicted octanol–water partition coefficient (Wildman–Crippen LogP) is 2.95. The van der Waals surface area contributed by atoms with E-state index in [-0.39, 0.29) is 17.9 Å². The fraction of sp³-hybridized carbons (Fsp3) is 0.429. The van der Waals surface area contributed by atoms with Gasteiger partial charge in [-0.2, -0.15) is 5.26 Å². The Hall–Kier alpha value is -1.73. The van der Waals surface area contributed by atoms with E-state index in [9.17, 15) is 4.79 Å². The minimum absolute atomic E-state index is 0.0823. The van der Waals surface area contributed by atoms with E-state index in [2.05, 4.69) is 16.7 Å². The number of halogens is 1. The van der Waals surface area contributed by atoms with Gasteiger partial charge in [0.1, 0.15) is 6.04 Å². The molecule has 1 aromatic carbocycles. The van der Waals surface area contributed by atoms with Gasteiger partial charge in [0.05, 0.1) is 23.2 Å². The zero-order valence-electron chi connectivity index (χ0n) is 11.3. The second kappa shape index (κ2) is 6.44. The normalized spacial score (nSPS) is 12.4. The van der Waals surface area contributed by atoms with E-state index in [0.29, 0.717) is 10.7 Å². The largest absolute Gasteiger partial charge is 0.368 e. The molecular formula is C14H18ClN3O. The Morgan fingerprint density at radius 2 is 2.05 bits per heavy atom. The van der Waals surface area contributed by atoms with Crippen LogP contribution >= 0.6 is 11.6 Å². The molecule has 5 heteroatoms. The summed E-state index contributed by atoms with van der Waals surface area (Å²) in [6.45, 7) is 5.69. The SMILES string of the molecule is CC(C)(C)NC(=O)CC(C#N)Nc1ccccc1Cl. The minimum Gasteiger partial charge on any atom is -0.368 e. The predicted molar refractivity (Wildman–Crippen MR) is 77.0 cm³/mol. The molecule has 2 N–H and O–H groups in total. The Morgan fingerprint density at radius 1 is 1.42 bits per heavy atom. The third-order valence-corrected chi connectivity index (χ3v) is 2.59. The van der Waals surface area contributed by atoms with Gasteiger partial charge in [-0.15, -0.1) is 0 Å². The lowest BCUT2D eigenvalue weighted by molar-refractivity contribution is -0.122. The molecule has 0 aliphatic carbocycles. The van der Waals surface area contributed by atoms with Gasteiger partial charge in [0.15, 0.2) is 0 Å². The highest BCUT2D eigenvalue weighted by Crippen LogP contribution is 2.21. The summed E-state index contributed by atoms with van der Waals surface area (Å²) in [6.07, 6.45) is 0.0823. The van der Waals surface area contributed by atoms with Gasteiger partial charge in [-0.25, -0.2) is 0 Å². The monoisotopic (exact) mass is 279 g/mol. The van der Waals surface area contributed by atoms with Crippen LogP contribution in [-0.2, 0) is 4.79 Å². The van der Waals surface area contributed by atoms with Crippen molar-refractivity contribution in [2.75, 3.05) is 5.32 Å². The lowest BCUT2D eigenvalue weighted by Gasteiger charge is -2.22. The number of nitriles is 1. The summed E-state index contributed by atoms with van der Waals surface area (Å²) in [4.78, 5) is 11.8. The number of hydrogen-bond donors (Lipinski definition) is 2. The topological polar surface area (TPSA) is 64.9 Å². The number of para-hydroxylation sites is 1. The Morgan fingerprint density at radius 3 is 2.58 bits per heavy atom. The first-order valence-corrected chi connectivity index (χ1v) is 6.41. The lowest BCUT2D eigenvalue weighted by Crippen LogP contribution is -2.42. The molecule has 0 heterocycles. The molecule has 4 nitrogen and oxygen atoms in total. The quantitative estimate of drug-likeness (QED) is 0.890. The first-order valence-electron chi connectivity index (χ1n) is 6.03. The molecule has 1 rings (SSSR count). The number of rotatable bonds is 4. The fourth-order valence-corrected chi connectivity index (χ4v) is 1.74. The van der Waals surface area contributed by atoms with E-state index in [1.54, 1.807) is 18.2 Å². The maximum atomic E-state index is 11.8. The number of amides is 1. The maximum Gasteiger partial charge on any atom is 0.223 e. The van der Waals surface area contributed by atoms with Crippen molar-refractivity contribution in [3.8, 4) is 6.07 Å². The molecule has 0 spiro atoms. The average molecular weight is 280 g/mol. The molecule has 102 valence electrons. The molecule has 0 fully saturated rings. The summed E-state index contributed by atoms with van der Waals surface area (Å²) in [7, 11) is 0. The van der Waals surface area contributed by atoms with E-state index < -0.39 is 6.04 Å². The zero-order valence-corrected chi connectivity index (χ0v) is 12.1. The Labute approximate surface area is 118 Å². The molecule has 0 radical (unpaired) electrons. The second-order valence-electron chi connectivity index (χ2n) is 5.31. The zero-order chi connectivity index (χ0) is 14.5. The molecule has 0 aromatic heterocycles. The number of carbonyl (C=O) groups excluding carboxylic acids is 1. The Kier molecular flexibility index (Phi) is 5.20. The van der Waals surface area contributed by atoms with Crippen LogP contribution in [0.3, 0.4) is 0 Å². The lowest BCUT2D eigenvalue weighted by atomic mass is 10.1. The number of anilines is 1. The van der Waals surface area contributed by atoms with Gasteiger partial charge < -0.3 is 10.6 Å². The highest BCUT2D eigenvalue weighted by Gasteiger charge is 2.18. The van der Waals surface area contributed by atoms with E-state index in [0.717, 1.165) is 0 Å². The van der Waals surface area contributed by atoms with Crippen LogP contribution in [0.15, 0.2) is 24.3 Å². The third-order valence-electron chi connectivity index (χ3n) is 2.26. The Balaban J connectivity index is 2.63. The van der Waals surface area contributed by atoms with Crippen LogP contribution in [0, 0.1) is 11.3 Å². The van der Waals surface area contributed by atoms with Crippen LogP contribution in [0.4, 0.5) is 5.69 Å².